The molecule has 0 radical (unpaired) electrons. The average molecular weight is 278 g/mol. The maximum absolute atomic E-state index is 12.0. The van der Waals surface area contributed by atoms with E-state index in [1.165, 1.54) is 0 Å². The number of hydrogen-bond acceptors (Lipinski definition) is 3. The maximum atomic E-state index is 12.0. The monoisotopic (exact) mass is 278 g/mol. The van der Waals surface area contributed by atoms with E-state index in [1.54, 1.807) is 6.07 Å². The van der Waals surface area contributed by atoms with Crippen molar-refractivity contribution in [3.63, 3.8) is 0 Å². The fourth-order valence-electron chi connectivity index (χ4n) is 1.99. The third-order valence-corrected chi connectivity index (χ3v) is 3.10. The van der Waals surface area contributed by atoms with Crippen LogP contribution in [0, 0.1) is 0 Å². The van der Waals surface area contributed by atoms with E-state index in [4.69, 9.17) is 4.52 Å². The molecular formula is C17H14N2O2. The van der Waals surface area contributed by atoms with E-state index < -0.39 is 0 Å². The largest absolute Gasteiger partial charge is 0.350 e. The third-order valence-electron chi connectivity index (χ3n) is 3.10. The smallest absolute Gasteiger partial charge is 0.290 e. The molecule has 0 unspecified atom stereocenters. The Morgan fingerprint density at radius 2 is 1.67 bits per heavy atom. The molecule has 3 rings (SSSR count). The van der Waals surface area contributed by atoms with Gasteiger partial charge in [-0.05, 0) is 5.56 Å². The molecule has 4 nitrogen and oxygen atoms in total. The number of nitrogens with one attached hydrogen (secondary N) is 1. The molecule has 1 N–H and O–H groups in total. The fraction of sp³-hybridized carbons (Fsp3) is 0.0588. The van der Waals surface area contributed by atoms with Crippen molar-refractivity contribution < 1.29 is 9.32 Å². The minimum Gasteiger partial charge on any atom is -0.350 e. The fourth-order valence-corrected chi connectivity index (χ4v) is 1.99. The Morgan fingerprint density at radius 1 is 1.00 bits per heavy atom. The van der Waals surface area contributed by atoms with E-state index in [-0.39, 0.29) is 11.7 Å². The van der Waals surface area contributed by atoms with Crippen molar-refractivity contribution in [3.8, 4) is 11.3 Å². The molecule has 4 heteroatoms. The number of amides is 1. The molecule has 2 aromatic carbocycles. The van der Waals surface area contributed by atoms with Crippen LogP contribution in [0.4, 0.5) is 0 Å². The Morgan fingerprint density at radius 3 is 2.38 bits per heavy atom. The van der Waals surface area contributed by atoms with E-state index in [0.29, 0.717) is 12.2 Å². The van der Waals surface area contributed by atoms with Crippen molar-refractivity contribution >= 4 is 5.91 Å². The zero-order chi connectivity index (χ0) is 14.5. The zero-order valence-electron chi connectivity index (χ0n) is 11.3. The number of rotatable bonds is 4. The van der Waals surface area contributed by atoms with Crippen LogP contribution in [-0.4, -0.2) is 11.1 Å². The first-order valence-corrected chi connectivity index (χ1v) is 6.67. The lowest BCUT2D eigenvalue weighted by Gasteiger charge is -2.01. The molecule has 0 saturated carbocycles. The summed E-state index contributed by atoms with van der Waals surface area (Å²) < 4.78 is 5.11. The standard InChI is InChI=1S/C17H14N2O2/c20-17(18-12-13-7-3-1-4-8-13)16-11-15(19-21-16)14-9-5-2-6-10-14/h1-11H,12H2,(H,18,20). The summed E-state index contributed by atoms with van der Waals surface area (Å²) in [6.07, 6.45) is 0. The summed E-state index contributed by atoms with van der Waals surface area (Å²) in [6.45, 7) is 0.459. The van der Waals surface area contributed by atoms with Gasteiger partial charge in [-0.2, -0.15) is 0 Å². The lowest BCUT2D eigenvalue weighted by Crippen LogP contribution is -2.22. The molecule has 1 aromatic heterocycles. The van der Waals surface area contributed by atoms with Crippen molar-refractivity contribution in [2.45, 2.75) is 6.54 Å². The molecule has 1 amide bonds. The highest BCUT2D eigenvalue weighted by Crippen LogP contribution is 2.18. The third kappa shape index (κ3) is 3.17. The second-order valence-corrected chi connectivity index (χ2v) is 4.61. The van der Waals surface area contributed by atoms with Crippen LogP contribution >= 0.6 is 0 Å². The summed E-state index contributed by atoms with van der Waals surface area (Å²) in [7, 11) is 0. The lowest BCUT2D eigenvalue weighted by atomic mass is 10.1. The van der Waals surface area contributed by atoms with Crippen LogP contribution in [0.5, 0.6) is 0 Å². The van der Waals surface area contributed by atoms with E-state index in [1.807, 2.05) is 60.7 Å². The van der Waals surface area contributed by atoms with Gasteiger partial charge in [-0.25, -0.2) is 0 Å². The highest BCUT2D eigenvalue weighted by molar-refractivity contribution is 5.92. The summed E-state index contributed by atoms with van der Waals surface area (Å²) >= 11 is 0. The first kappa shape index (κ1) is 13.1. The minimum absolute atomic E-state index is 0.213. The van der Waals surface area contributed by atoms with Crippen molar-refractivity contribution in [1.29, 1.82) is 0 Å². The molecule has 0 aliphatic carbocycles. The predicted molar refractivity (Wildman–Crippen MR) is 79.6 cm³/mol. The minimum atomic E-state index is -0.270. The Hall–Kier alpha value is -2.88. The van der Waals surface area contributed by atoms with Crippen molar-refractivity contribution in [2.75, 3.05) is 0 Å². The van der Waals surface area contributed by atoms with Gasteiger partial charge < -0.3 is 9.84 Å². The molecule has 104 valence electrons. The first-order chi connectivity index (χ1) is 10.3. The second-order valence-electron chi connectivity index (χ2n) is 4.61. The first-order valence-electron chi connectivity index (χ1n) is 6.67. The Kier molecular flexibility index (Phi) is 3.78. The predicted octanol–water partition coefficient (Wildman–Crippen LogP) is 3.27. The van der Waals surface area contributed by atoms with Gasteiger partial charge in [0.05, 0.1) is 0 Å². The Labute approximate surface area is 122 Å². The molecule has 0 saturated heterocycles. The van der Waals surface area contributed by atoms with Crippen molar-refractivity contribution in [3.05, 3.63) is 78.1 Å². The van der Waals surface area contributed by atoms with Gasteiger partial charge in [0.25, 0.3) is 5.91 Å². The summed E-state index contributed by atoms with van der Waals surface area (Å²) in [4.78, 5) is 12.0. The SMILES string of the molecule is O=C(NCc1ccccc1)c1cc(-c2ccccc2)no1. The van der Waals surface area contributed by atoms with Gasteiger partial charge in [-0.15, -0.1) is 0 Å². The van der Waals surface area contributed by atoms with Gasteiger partial charge in [-0.1, -0.05) is 65.8 Å². The number of aromatic nitrogens is 1. The molecule has 0 bridgehead atoms. The zero-order valence-corrected chi connectivity index (χ0v) is 11.3. The van der Waals surface area contributed by atoms with Crippen LogP contribution in [-0.2, 0) is 6.54 Å². The van der Waals surface area contributed by atoms with Gasteiger partial charge in [0, 0.05) is 18.2 Å². The molecule has 0 fully saturated rings. The molecular weight excluding hydrogens is 264 g/mol. The van der Waals surface area contributed by atoms with E-state index in [9.17, 15) is 4.79 Å². The topological polar surface area (TPSA) is 55.1 Å². The summed E-state index contributed by atoms with van der Waals surface area (Å²) in [6, 6.07) is 21.0. The van der Waals surface area contributed by atoms with E-state index >= 15 is 0 Å². The molecule has 1 heterocycles. The normalized spacial score (nSPS) is 10.3. The molecule has 0 atom stereocenters. The number of hydrogen-bond donors (Lipinski definition) is 1. The highest BCUT2D eigenvalue weighted by Gasteiger charge is 2.13. The van der Waals surface area contributed by atoms with Crippen LogP contribution in [0.2, 0.25) is 0 Å². The molecule has 0 spiro atoms. The number of carbonyl (C=O) groups is 1. The van der Waals surface area contributed by atoms with Gasteiger partial charge in [0.2, 0.25) is 5.76 Å². The summed E-state index contributed by atoms with van der Waals surface area (Å²) in [5.41, 5.74) is 2.61. The van der Waals surface area contributed by atoms with E-state index in [2.05, 4.69) is 10.5 Å². The van der Waals surface area contributed by atoms with Crippen LogP contribution in [0.1, 0.15) is 16.1 Å². The van der Waals surface area contributed by atoms with Crippen LogP contribution < -0.4 is 5.32 Å². The van der Waals surface area contributed by atoms with Gasteiger partial charge in [-0.3, -0.25) is 4.79 Å². The van der Waals surface area contributed by atoms with Crippen LogP contribution in [0.3, 0.4) is 0 Å². The number of carbonyl (C=O) groups excluding carboxylic acids is 1. The van der Waals surface area contributed by atoms with E-state index in [0.717, 1.165) is 11.1 Å². The summed E-state index contributed by atoms with van der Waals surface area (Å²) in [5, 5.41) is 6.73. The Bertz CT molecular complexity index is 721. The van der Waals surface area contributed by atoms with Crippen LogP contribution in [0.15, 0.2) is 71.3 Å². The number of benzene rings is 2. The molecule has 21 heavy (non-hydrogen) atoms. The van der Waals surface area contributed by atoms with Gasteiger partial charge >= 0.3 is 0 Å². The second kappa shape index (κ2) is 6.05. The Balaban J connectivity index is 1.67. The van der Waals surface area contributed by atoms with Gasteiger partial charge in [0.1, 0.15) is 5.69 Å². The summed E-state index contributed by atoms with van der Waals surface area (Å²) in [5.74, 6) is -0.0571. The number of nitrogens with zero attached hydrogens (tertiary/aromatic N) is 1. The quantitative estimate of drug-likeness (QED) is 0.797. The van der Waals surface area contributed by atoms with Crippen LogP contribution in [0.25, 0.3) is 11.3 Å². The van der Waals surface area contributed by atoms with Gasteiger partial charge in [0.15, 0.2) is 0 Å². The molecule has 0 aliphatic rings. The average Bonchev–Trinajstić information content (AvgIpc) is 3.04. The maximum Gasteiger partial charge on any atom is 0.290 e. The molecule has 3 aromatic rings. The molecule has 0 aliphatic heterocycles. The lowest BCUT2D eigenvalue weighted by molar-refractivity contribution is 0.0914. The highest BCUT2D eigenvalue weighted by atomic mass is 16.5. The van der Waals surface area contributed by atoms with Crippen molar-refractivity contribution in [2.24, 2.45) is 0 Å². The van der Waals surface area contributed by atoms with Crippen molar-refractivity contribution in [1.82, 2.24) is 10.5 Å².